The maximum Gasteiger partial charge on any atom is 0.174 e. The lowest BCUT2D eigenvalue weighted by Gasteiger charge is -2.15. The second-order valence-electron chi connectivity index (χ2n) is 4.79. The third kappa shape index (κ3) is 3.80. The Kier molecular flexibility index (Phi) is 6.24. The number of rotatable bonds is 3. The Balaban J connectivity index is 0.00000176. The van der Waals surface area contributed by atoms with Gasteiger partial charge in [-0.1, -0.05) is 59.8 Å². The van der Waals surface area contributed by atoms with E-state index in [1.54, 1.807) is 12.1 Å². The highest BCUT2D eigenvalue weighted by Crippen LogP contribution is 2.24. The largest absolute Gasteiger partial charge is 1.00 e. The smallest absolute Gasteiger partial charge is 0.174 e. The molecular formula is C17H14BrClNOS-. The Morgan fingerprint density at radius 2 is 1.86 bits per heavy atom. The zero-order chi connectivity index (χ0) is 14.7. The molecule has 0 fully saturated rings. The minimum absolute atomic E-state index is 0. The molecule has 0 saturated carbocycles. The Labute approximate surface area is 149 Å². The van der Waals surface area contributed by atoms with Crippen LogP contribution < -0.4 is 17.0 Å². The Bertz CT molecular complexity index is 717. The number of nitrogens with zero attached hydrogens (tertiary/aromatic N) is 1. The average Bonchev–Trinajstić information content (AvgIpc) is 2.53. The fourth-order valence-electron chi connectivity index (χ4n) is 2.33. The summed E-state index contributed by atoms with van der Waals surface area (Å²) in [6.07, 6.45) is 0.971. The van der Waals surface area contributed by atoms with Crippen molar-refractivity contribution in [2.75, 3.05) is 12.3 Å². The topological polar surface area (TPSA) is 29.4 Å². The van der Waals surface area contributed by atoms with E-state index in [0.29, 0.717) is 16.3 Å². The highest BCUT2D eigenvalue weighted by molar-refractivity contribution is 8.15. The summed E-state index contributed by atoms with van der Waals surface area (Å²) in [4.78, 5) is 16.8. The van der Waals surface area contributed by atoms with Gasteiger partial charge in [-0.25, -0.2) is 0 Å². The minimum Gasteiger partial charge on any atom is -1.00 e. The highest BCUT2D eigenvalue weighted by Gasteiger charge is 2.16. The first-order valence-electron chi connectivity index (χ1n) is 6.79. The summed E-state index contributed by atoms with van der Waals surface area (Å²) in [5.41, 5.74) is 3.04. The molecule has 22 heavy (non-hydrogen) atoms. The van der Waals surface area contributed by atoms with Gasteiger partial charge in [-0.2, -0.15) is 0 Å². The summed E-state index contributed by atoms with van der Waals surface area (Å²) in [5.74, 6) is 0.396. The minimum atomic E-state index is 0. The molecule has 0 amide bonds. The number of carbonyl (C=O) groups is 1. The van der Waals surface area contributed by atoms with Crippen LogP contribution >= 0.6 is 23.4 Å². The van der Waals surface area contributed by atoms with Gasteiger partial charge in [-0.3, -0.25) is 9.79 Å². The van der Waals surface area contributed by atoms with E-state index in [-0.39, 0.29) is 22.8 Å². The van der Waals surface area contributed by atoms with Crippen LogP contribution in [0.5, 0.6) is 0 Å². The number of halogens is 2. The van der Waals surface area contributed by atoms with E-state index < -0.39 is 0 Å². The van der Waals surface area contributed by atoms with Crippen molar-refractivity contribution in [2.45, 2.75) is 6.42 Å². The Morgan fingerprint density at radius 1 is 1.14 bits per heavy atom. The van der Waals surface area contributed by atoms with Crippen molar-refractivity contribution in [1.82, 2.24) is 0 Å². The zero-order valence-corrected chi connectivity index (χ0v) is 14.9. The van der Waals surface area contributed by atoms with Crippen molar-refractivity contribution in [1.29, 1.82) is 0 Å². The van der Waals surface area contributed by atoms with E-state index in [4.69, 9.17) is 11.6 Å². The van der Waals surface area contributed by atoms with E-state index >= 15 is 0 Å². The van der Waals surface area contributed by atoms with Crippen LogP contribution in [0.1, 0.15) is 21.5 Å². The van der Waals surface area contributed by atoms with Crippen molar-refractivity contribution < 1.29 is 21.8 Å². The zero-order valence-electron chi connectivity index (χ0n) is 11.8. The van der Waals surface area contributed by atoms with Gasteiger partial charge in [0.05, 0.1) is 15.8 Å². The number of ketones is 1. The van der Waals surface area contributed by atoms with Crippen LogP contribution in [0.3, 0.4) is 0 Å². The fourth-order valence-corrected chi connectivity index (χ4v) is 3.53. The van der Waals surface area contributed by atoms with Crippen LogP contribution in [0.15, 0.2) is 53.5 Å². The van der Waals surface area contributed by atoms with Crippen LogP contribution in [-0.4, -0.2) is 23.1 Å². The van der Waals surface area contributed by atoms with E-state index in [0.717, 1.165) is 23.6 Å². The normalized spacial score (nSPS) is 12.9. The number of aliphatic imine (C=N–C) groups is 1. The number of hydrogen-bond donors (Lipinski definition) is 0. The van der Waals surface area contributed by atoms with Gasteiger partial charge in [-0.15, -0.1) is 0 Å². The first-order chi connectivity index (χ1) is 10.3. The van der Waals surface area contributed by atoms with E-state index in [1.165, 1.54) is 17.3 Å². The monoisotopic (exact) mass is 394 g/mol. The predicted molar refractivity (Wildman–Crippen MR) is 89.8 cm³/mol. The summed E-state index contributed by atoms with van der Waals surface area (Å²) in [6, 6.07) is 15.4. The van der Waals surface area contributed by atoms with Gasteiger partial charge in [0.1, 0.15) is 0 Å². The Hall–Kier alpha value is -1.10. The number of fused-ring (bicyclic) bond motifs is 1. The first kappa shape index (κ1) is 17.3. The SMILES string of the molecule is O=C(CSC1=NCCc2ccccc21)c1ccccc1Cl.[Br-]. The summed E-state index contributed by atoms with van der Waals surface area (Å²) in [5, 5.41) is 1.46. The number of hydrogen-bond acceptors (Lipinski definition) is 3. The summed E-state index contributed by atoms with van der Waals surface area (Å²) < 4.78 is 0. The number of thioether (sulfide) groups is 1. The van der Waals surface area contributed by atoms with Gasteiger partial charge < -0.3 is 17.0 Å². The number of carbonyl (C=O) groups excluding carboxylic acids is 1. The molecule has 1 aliphatic rings. The third-order valence-corrected chi connectivity index (χ3v) is 4.76. The average molecular weight is 396 g/mol. The summed E-state index contributed by atoms with van der Waals surface area (Å²) in [7, 11) is 0. The van der Waals surface area contributed by atoms with Crippen LogP contribution in [0.2, 0.25) is 5.02 Å². The number of Topliss-reactive ketones (excluding diaryl/α,β-unsaturated/α-hetero) is 1. The van der Waals surface area contributed by atoms with E-state index in [9.17, 15) is 4.79 Å². The van der Waals surface area contributed by atoms with Crippen LogP contribution in [-0.2, 0) is 6.42 Å². The lowest BCUT2D eigenvalue weighted by molar-refractivity contribution is -0.0000118. The maximum atomic E-state index is 12.3. The van der Waals surface area contributed by atoms with Crippen molar-refractivity contribution in [3.8, 4) is 0 Å². The van der Waals surface area contributed by atoms with Gasteiger partial charge >= 0.3 is 0 Å². The molecule has 2 aromatic carbocycles. The van der Waals surface area contributed by atoms with Crippen LogP contribution in [0.25, 0.3) is 0 Å². The molecule has 0 spiro atoms. The first-order valence-corrected chi connectivity index (χ1v) is 8.15. The molecule has 2 aromatic rings. The molecule has 5 heteroatoms. The predicted octanol–water partition coefficient (Wildman–Crippen LogP) is 1.26. The van der Waals surface area contributed by atoms with E-state index in [1.807, 2.05) is 24.3 Å². The van der Waals surface area contributed by atoms with Crippen molar-refractivity contribution in [3.05, 3.63) is 70.2 Å². The van der Waals surface area contributed by atoms with Gasteiger partial charge in [0.25, 0.3) is 0 Å². The van der Waals surface area contributed by atoms with Gasteiger partial charge in [0.15, 0.2) is 5.78 Å². The van der Waals surface area contributed by atoms with E-state index in [2.05, 4.69) is 17.1 Å². The summed E-state index contributed by atoms with van der Waals surface area (Å²) >= 11 is 7.55. The third-order valence-electron chi connectivity index (χ3n) is 3.40. The molecule has 0 bridgehead atoms. The lowest BCUT2D eigenvalue weighted by Crippen LogP contribution is -3.00. The van der Waals surface area contributed by atoms with Crippen molar-refractivity contribution >= 4 is 34.2 Å². The van der Waals surface area contributed by atoms with Gasteiger partial charge in [0.2, 0.25) is 0 Å². The van der Waals surface area contributed by atoms with Crippen LogP contribution in [0, 0.1) is 0 Å². The molecular weight excluding hydrogens is 382 g/mol. The molecule has 2 nitrogen and oxygen atoms in total. The lowest BCUT2D eigenvalue weighted by atomic mass is 10.0. The van der Waals surface area contributed by atoms with Crippen LogP contribution in [0.4, 0.5) is 0 Å². The molecule has 3 rings (SSSR count). The number of benzene rings is 2. The molecule has 114 valence electrons. The molecule has 0 aliphatic carbocycles. The standard InChI is InChI=1S/C17H14ClNOS.BrH/c18-15-8-4-3-7-14(15)16(20)11-21-17-13-6-2-1-5-12(13)9-10-19-17;/h1-8H,9-11H2;1H/p-1. The highest BCUT2D eigenvalue weighted by atomic mass is 79.9. The Morgan fingerprint density at radius 3 is 2.68 bits per heavy atom. The molecule has 1 aliphatic heterocycles. The molecule has 0 aromatic heterocycles. The van der Waals surface area contributed by atoms with Gasteiger partial charge in [-0.05, 0) is 24.1 Å². The molecule has 0 radical (unpaired) electrons. The quantitative estimate of drug-likeness (QED) is 0.732. The molecule has 0 unspecified atom stereocenters. The molecule has 0 atom stereocenters. The molecule has 0 N–H and O–H groups in total. The second kappa shape index (κ2) is 7.95. The fraction of sp³-hybridized carbons (Fsp3) is 0.176. The maximum absolute atomic E-state index is 12.3. The molecule has 1 heterocycles. The molecule has 0 saturated heterocycles. The summed E-state index contributed by atoms with van der Waals surface area (Å²) in [6.45, 7) is 0.791. The van der Waals surface area contributed by atoms with Crippen molar-refractivity contribution in [2.24, 2.45) is 4.99 Å². The van der Waals surface area contributed by atoms with Crippen molar-refractivity contribution in [3.63, 3.8) is 0 Å². The van der Waals surface area contributed by atoms with Gasteiger partial charge in [0, 0.05) is 17.7 Å². The second-order valence-corrected chi connectivity index (χ2v) is 6.16.